The number of rotatable bonds is 12. The number of amides is 1. The van der Waals surface area contributed by atoms with Gasteiger partial charge >= 0.3 is 0 Å². The Morgan fingerprint density at radius 1 is 0.968 bits per heavy atom. The predicted octanol–water partition coefficient (Wildman–Crippen LogP) is 3.58. The van der Waals surface area contributed by atoms with Crippen LogP contribution in [0.4, 0.5) is 5.69 Å². The van der Waals surface area contributed by atoms with Gasteiger partial charge in [-0.25, -0.2) is 8.42 Å². The Kier molecular flexibility index (Phi) is 9.14. The lowest BCUT2D eigenvalue weighted by molar-refractivity contribution is -0.117. The Morgan fingerprint density at radius 2 is 1.58 bits per heavy atom. The molecule has 0 aliphatic heterocycles. The first-order valence-electron chi connectivity index (χ1n) is 10.2. The normalized spacial score (nSPS) is 12.1. The highest BCUT2D eigenvalue weighted by Crippen LogP contribution is 2.31. The Morgan fingerprint density at radius 3 is 2.16 bits per heavy atom. The summed E-state index contributed by atoms with van der Waals surface area (Å²) in [4.78, 5) is 12.6. The van der Waals surface area contributed by atoms with E-state index in [1.165, 1.54) is 26.2 Å². The van der Waals surface area contributed by atoms with Gasteiger partial charge in [0.05, 0.1) is 31.3 Å². The summed E-state index contributed by atoms with van der Waals surface area (Å²) in [6, 6.07) is 10.00. The fraction of sp³-hybridized carbons (Fsp3) is 0.409. The lowest BCUT2D eigenvalue weighted by atomic mass is 10.2. The van der Waals surface area contributed by atoms with Crippen molar-refractivity contribution in [3.05, 3.63) is 42.5 Å². The van der Waals surface area contributed by atoms with E-state index in [0.717, 1.165) is 12.8 Å². The quantitative estimate of drug-likeness (QED) is 0.512. The monoisotopic (exact) mass is 450 g/mol. The molecule has 8 nitrogen and oxygen atoms in total. The molecule has 0 fully saturated rings. The summed E-state index contributed by atoms with van der Waals surface area (Å²) < 4.78 is 43.9. The minimum absolute atomic E-state index is 0.0422. The number of hydrogen-bond acceptors (Lipinski definition) is 6. The number of ether oxygens (including phenoxy) is 3. The topological polar surface area (TPSA) is 103 Å². The molecular formula is C22H30N2O6S. The van der Waals surface area contributed by atoms with Crippen molar-refractivity contribution in [2.45, 2.75) is 44.6 Å². The van der Waals surface area contributed by atoms with Crippen molar-refractivity contribution in [1.29, 1.82) is 0 Å². The number of methoxy groups -OCH3 is 1. The van der Waals surface area contributed by atoms with E-state index in [1.54, 1.807) is 30.3 Å². The lowest BCUT2D eigenvalue weighted by Crippen LogP contribution is -2.41. The molecule has 0 heterocycles. The molecule has 2 rings (SSSR count). The van der Waals surface area contributed by atoms with Gasteiger partial charge in [0.15, 0.2) is 11.5 Å². The van der Waals surface area contributed by atoms with Crippen LogP contribution in [0.3, 0.4) is 0 Å². The molecule has 170 valence electrons. The predicted molar refractivity (Wildman–Crippen MR) is 119 cm³/mol. The largest absolute Gasteiger partial charge is 0.497 e. The second-order valence-corrected chi connectivity index (χ2v) is 8.58. The van der Waals surface area contributed by atoms with E-state index in [2.05, 4.69) is 10.0 Å². The van der Waals surface area contributed by atoms with Gasteiger partial charge in [0.25, 0.3) is 0 Å². The van der Waals surface area contributed by atoms with Crippen molar-refractivity contribution >= 4 is 21.6 Å². The van der Waals surface area contributed by atoms with Crippen LogP contribution in [0.5, 0.6) is 17.2 Å². The number of sulfonamides is 1. The molecule has 1 atom stereocenters. The van der Waals surface area contributed by atoms with Crippen LogP contribution in [0.25, 0.3) is 0 Å². The summed E-state index contributed by atoms with van der Waals surface area (Å²) in [6.45, 7) is 6.55. The zero-order valence-corrected chi connectivity index (χ0v) is 19.1. The Labute approximate surface area is 184 Å². The molecule has 0 aliphatic rings. The molecule has 0 bridgehead atoms. The third-order valence-corrected chi connectivity index (χ3v) is 5.79. The van der Waals surface area contributed by atoms with E-state index in [4.69, 9.17) is 14.2 Å². The number of anilines is 1. The van der Waals surface area contributed by atoms with Crippen LogP contribution in [0.1, 0.15) is 33.6 Å². The molecule has 0 unspecified atom stereocenters. The summed E-state index contributed by atoms with van der Waals surface area (Å²) in [7, 11) is -2.37. The van der Waals surface area contributed by atoms with Gasteiger partial charge in [0.1, 0.15) is 5.75 Å². The third-order valence-electron chi connectivity index (χ3n) is 4.23. The van der Waals surface area contributed by atoms with Crippen LogP contribution in [0.15, 0.2) is 47.4 Å². The molecule has 0 saturated heterocycles. The Hall–Kier alpha value is -2.78. The zero-order valence-electron chi connectivity index (χ0n) is 18.3. The van der Waals surface area contributed by atoms with Gasteiger partial charge in [-0.1, -0.05) is 13.8 Å². The van der Waals surface area contributed by atoms with Crippen molar-refractivity contribution in [3.63, 3.8) is 0 Å². The Bertz CT molecular complexity index is 960. The van der Waals surface area contributed by atoms with Crippen LogP contribution in [-0.2, 0) is 14.8 Å². The molecule has 0 aliphatic carbocycles. The maximum Gasteiger partial charge on any atom is 0.242 e. The minimum atomic E-state index is -3.87. The van der Waals surface area contributed by atoms with Crippen LogP contribution >= 0.6 is 0 Å². The van der Waals surface area contributed by atoms with Gasteiger partial charge in [0.2, 0.25) is 15.9 Å². The summed E-state index contributed by atoms with van der Waals surface area (Å²) in [6.07, 6.45) is 1.69. The number of benzene rings is 2. The fourth-order valence-electron chi connectivity index (χ4n) is 2.60. The van der Waals surface area contributed by atoms with E-state index >= 15 is 0 Å². The summed E-state index contributed by atoms with van der Waals surface area (Å²) in [5.41, 5.74) is 0.482. The molecule has 2 aromatic carbocycles. The van der Waals surface area contributed by atoms with Crippen LogP contribution in [-0.4, -0.2) is 40.7 Å². The number of hydrogen-bond donors (Lipinski definition) is 2. The second-order valence-electron chi connectivity index (χ2n) is 6.87. The Balaban J connectivity index is 2.08. The molecule has 31 heavy (non-hydrogen) atoms. The van der Waals surface area contributed by atoms with Crippen molar-refractivity contribution in [2.75, 3.05) is 25.6 Å². The van der Waals surface area contributed by atoms with E-state index in [-0.39, 0.29) is 4.90 Å². The standard InChI is InChI=1S/C22H30N2O6S/c1-5-13-29-20-12-7-17(15-21(20)30-14-6-2)23-22(25)16(3)24-31(26,27)19-10-8-18(28-4)9-11-19/h7-12,15-16,24H,5-6,13-14H2,1-4H3,(H,23,25)/t16-/m0/s1. The smallest absolute Gasteiger partial charge is 0.242 e. The van der Waals surface area contributed by atoms with E-state index in [9.17, 15) is 13.2 Å². The summed E-state index contributed by atoms with van der Waals surface area (Å²) in [5.74, 6) is 1.17. The maximum absolute atomic E-state index is 12.6. The van der Waals surface area contributed by atoms with Crippen LogP contribution < -0.4 is 24.2 Å². The maximum atomic E-state index is 12.6. The number of carbonyl (C=O) groups is 1. The third kappa shape index (κ3) is 7.15. The van der Waals surface area contributed by atoms with Crippen molar-refractivity contribution < 1.29 is 27.4 Å². The average molecular weight is 451 g/mol. The van der Waals surface area contributed by atoms with Crippen LogP contribution in [0.2, 0.25) is 0 Å². The van der Waals surface area contributed by atoms with E-state index < -0.39 is 22.0 Å². The molecule has 0 radical (unpaired) electrons. The van der Waals surface area contributed by atoms with Gasteiger partial charge in [-0.05, 0) is 56.2 Å². The van der Waals surface area contributed by atoms with Crippen LogP contribution in [0, 0.1) is 0 Å². The highest BCUT2D eigenvalue weighted by molar-refractivity contribution is 7.89. The fourth-order valence-corrected chi connectivity index (χ4v) is 3.80. The first-order valence-corrected chi connectivity index (χ1v) is 11.7. The molecule has 0 saturated carbocycles. The first kappa shape index (κ1) is 24.5. The molecule has 1 amide bonds. The molecule has 0 aromatic heterocycles. The molecule has 0 spiro atoms. The van der Waals surface area contributed by atoms with Gasteiger partial charge in [0, 0.05) is 11.8 Å². The highest BCUT2D eigenvalue weighted by atomic mass is 32.2. The SMILES string of the molecule is CCCOc1ccc(NC(=O)[C@H](C)NS(=O)(=O)c2ccc(OC)cc2)cc1OCCC. The summed E-state index contributed by atoms with van der Waals surface area (Å²) >= 11 is 0. The first-order chi connectivity index (χ1) is 14.8. The van der Waals surface area contributed by atoms with Gasteiger partial charge in [-0.15, -0.1) is 0 Å². The average Bonchev–Trinajstić information content (AvgIpc) is 2.76. The second kappa shape index (κ2) is 11.6. The molecule has 9 heteroatoms. The molecule has 2 aromatic rings. The summed E-state index contributed by atoms with van der Waals surface area (Å²) in [5, 5.41) is 2.71. The van der Waals surface area contributed by atoms with Gasteiger partial charge in [-0.3, -0.25) is 4.79 Å². The number of nitrogens with one attached hydrogen (secondary N) is 2. The highest BCUT2D eigenvalue weighted by Gasteiger charge is 2.22. The van der Waals surface area contributed by atoms with Crippen molar-refractivity contribution in [1.82, 2.24) is 4.72 Å². The van der Waals surface area contributed by atoms with Crippen molar-refractivity contribution in [3.8, 4) is 17.2 Å². The van der Waals surface area contributed by atoms with Gasteiger partial charge < -0.3 is 19.5 Å². The number of carbonyl (C=O) groups excluding carboxylic acids is 1. The van der Waals surface area contributed by atoms with Crippen molar-refractivity contribution in [2.24, 2.45) is 0 Å². The molecule has 2 N–H and O–H groups in total. The molecular weight excluding hydrogens is 420 g/mol. The van der Waals surface area contributed by atoms with Gasteiger partial charge in [-0.2, -0.15) is 4.72 Å². The minimum Gasteiger partial charge on any atom is -0.497 e. The van der Waals surface area contributed by atoms with E-state index in [0.29, 0.717) is 36.1 Å². The zero-order chi connectivity index (χ0) is 22.9. The van der Waals surface area contributed by atoms with E-state index in [1.807, 2.05) is 13.8 Å². The lowest BCUT2D eigenvalue weighted by Gasteiger charge is -2.17.